The van der Waals surface area contributed by atoms with E-state index >= 15 is 0 Å². The Morgan fingerprint density at radius 1 is 0.938 bits per heavy atom. The Kier molecular flexibility index (Phi) is 10.9. The van der Waals surface area contributed by atoms with Crippen LogP contribution in [0, 0.1) is 0 Å². The van der Waals surface area contributed by atoms with Crippen molar-refractivity contribution in [3.8, 4) is 17.2 Å². The van der Waals surface area contributed by atoms with Crippen molar-refractivity contribution >= 4 is 35.6 Å². The van der Waals surface area contributed by atoms with E-state index in [4.69, 9.17) is 14.2 Å². The van der Waals surface area contributed by atoms with Gasteiger partial charge in [-0.1, -0.05) is 24.6 Å². The van der Waals surface area contributed by atoms with Crippen LogP contribution in [0.3, 0.4) is 0 Å². The van der Waals surface area contributed by atoms with Gasteiger partial charge in [0.2, 0.25) is 0 Å². The van der Waals surface area contributed by atoms with Crippen LogP contribution in [0.1, 0.15) is 30.9 Å². The molecule has 1 aliphatic heterocycles. The maximum absolute atomic E-state index is 5.67. The van der Waals surface area contributed by atoms with Gasteiger partial charge in [-0.25, -0.2) is 0 Å². The molecular formula is C24H35IN4O3. The van der Waals surface area contributed by atoms with Gasteiger partial charge < -0.3 is 24.8 Å². The van der Waals surface area contributed by atoms with Gasteiger partial charge in [0.15, 0.2) is 17.5 Å². The van der Waals surface area contributed by atoms with E-state index in [1.165, 1.54) is 24.8 Å². The third-order valence-corrected chi connectivity index (χ3v) is 5.66. The van der Waals surface area contributed by atoms with E-state index in [0.29, 0.717) is 24.0 Å². The quantitative estimate of drug-likeness (QED) is 0.284. The fourth-order valence-corrected chi connectivity index (χ4v) is 4.03. The molecule has 7 nitrogen and oxygen atoms in total. The SMILES string of the molecule is CN=C(NCC(c1ccccc1OC)N1CCCCC1)Nc1ccc(OC)c(OC)c1.I. The summed E-state index contributed by atoms with van der Waals surface area (Å²) < 4.78 is 16.4. The minimum Gasteiger partial charge on any atom is -0.496 e. The highest BCUT2D eigenvalue weighted by Gasteiger charge is 2.25. The van der Waals surface area contributed by atoms with E-state index in [0.717, 1.165) is 24.5 Å². The summed E-state index contributed by atoms with van der Waals surface area (Å²) in [5.74, 6) is 2.98. The molecule has 2 N–H and O–H groups in total. The molecule has 0 bridgehead atoms. The fourth-order valence-electron chi connectivity index (χ4n) is 4.03. The number of rotatable bonds is 8. The normalized spacial score (nSPS) is 15.3. The number of benzene rings is 2. The third-order valence-electron chi connectivity index (χ3n) is 5.66. The zero-order chi connectivity index (χ0) is 22.1. The summed E-state index contributed by atoms with van der Waals surface area (Å²) in [7, 11) is 6.77. The molecular weight excluding hydrogens is 519 g/mol. The topological polar surface area (TPSA) is 67.4 Å². The summed E-state index contributed by atoms with van der Waals surface area (Å²) in [5, 5.41) is 6.85. The Bertz CT molecular complexity index is 872. The molecule has 0 aliphatic carbocycles. The Hall–Kier alpha value is -2.20. The lowest BCUT2D eigenvalue weighted by Crippen LogP contribution is -2.42. The lowest BCUT2D eigenvalue weighted by molar-refractivity contribution is 0.161. The Labute approximate surface area is 208 Å². The standard InChI is InChI=1S/C24H34N4O3.HI/c1-25-24(27-18-12-13-22(30-3)23(16-18)31-4)26-17-20(28-14-8-5-9-15-28)19-10-6-7-11-21(19)29-2;/h6-7,10-13,16,20H,5,8-9,14-15,17H2,1-4H3,(H2,25,26,27);1H. The summed E-state index contributed by atoms with van der Waals surface area (Å²) in [5.41, 5.74) is 2.07. The number of nitrogens with zero attached hydrogens (tertiary/aromatic N) is 2. The second kappa shape index (κ2) is 13.4. The van der Waals surface area contributed by atoms with Crippen LogP contribution in [0.5, 0.6) is 17.2 Å². The van der Waals surface area contributed by atoms with Gasteiger partial charge in [-0.2, -0.15) is 0 Å². The molecule has 2 aromatic rings. The van der Waals surface area contributed by atoms with Crippen molar-refractivity contribution in [2.75, 3.05) is 53.3 Å². The predicted octanol–water partition coefficient (Wildman–Crippen LogP) is 4.54. The molecule has 0 saturated carbocycles. The molecule has 2 aromatic carbocycles. The van der Waals surface area contributed by atoms with Crippen molar-refractivity contribution in [3.05, 3.63) is 48.0 Å². The van der Waals surface area contributed by atoms with E-state index in [9.17, 15) is 0 Å². The van der Waals surface area contributed by atoms with Gasteiger partial charge in [0, 0.05) is 30.9 Å². The maximum Gasteiger partial charge on any atom is 0.195 e. The molecule has 0 radical (unpaired) electrons. The van der Waals surface area contributed by atoms with Crippen LogP contribution in [0.4, 0.5) is 5.69 Å². The number of para-hydroxylation sites is 1. The van der Waals surface area contributed by atoms with Crippen LogP contribution in [-0.4, -0.2) is 58.9 Å². The van der Waals surface area contributed by atoms with Crippen molar-refractivity contribution in [2.24, 2.45) is 4.99 Å². The van der Waals surface area contributed by atoms with E-state index < -0.39 is 0 Å². The largest absolute Gasteiger partial charge is 0.496 e. The minimum absolute atomic E-state index is 0. The summed E-state index contributed by atoms with van der Waals surface area (Å²) in [6.07, 6.45) is 3.75. The number of methoxy groups -OCH3 is 3. The van der Waals surface area contributed by atoms with Crippen LogP contribution in [0.2, 0.25) is 0 Å². The molecule has 3 rings (SSSR count). The average Bonchev–Trinajstić information content (AvgIpc) is 2.84. The first-order valence-electron chi connectivity index (χ1n) is 10.8. The van der Waals surface area contributed by atoms with Crippen molar-refractivity contribution in [3.63, 3.8) is 0 Å². The lowest BCUT2D eigenvalue weighted by atomic mass is 10.0. The van der Waals surface area contributed by atoms with Gasteiger partial charge in [-0.3, -0.25) is 9.89 Å². The highest BCUT2D eigenvalue weighted by atomic mass is 127. The number of anilines is 1. The molecule has 1 heterocycles. The molecule has 0 amide bonds. The number of guanidine groups is 1. The van der Waals surface area contributed by atoms with Crippen LogP contribution in [-0.2, 0) is 0 Å². The Morgan fingerprint density at radius 3 is 2.28 bits per heavy atom. The van der Waals surface area contributed by atoms with Gasteiger partial charge in [0.05, 0.1) is 27.4 Å². The molecule has 0 aromatic heterocycles. The second-order valence-electron chi connectivity index (χ2n) is 7.50. The zero-order valence-electron chi connectivity index (χ0n) is 19.4. The number of halogens is 1. The summed E-state index contributed by atoms with van der Waals surface area (Å²) in [6.45, 7) is 2.89. The maximum atomic E-state index is 5.67. The molecule has 1 fully saturated rings. The lowest BCUT2D eigenvalue weighted by Gasteiger charge is -2.35. The van der Waals surface area contributed by atoms with E-state index in [-0.39, 0.29) is 30.0 Å². The summed E-state index contributed by atoms with van der Waals surface area (Å²) in [4.78, 5) is 6.95. The summed E-state index contributed by atoms with van der Waals surface area (Å²) >= 11 is 0. The number of aliphatic imine (C=N–C) groups is 1. The number of nitrogens with one attached hydrogen (secondary N) is 2. The minimum atomic E-state index is 0. The zero-order valence-corrected chi connectivity index (χ0v) is 21.7. The van der Waals surface area contributed by atoms with Crippen molar-refractivity contribution in [1.82, 2.24) is 10.2 Å². The molecule has 1 aliphatic rings. The molecule has 176 valence electrons. The van der Waals surface area contributed by atoms with Gasteiger partial charge in [0.1, 0.15) is 5.75 Å². The van der Waals surface area contributed by atoms with Crippen LogP contribution < -0.4 is 24.8 Å². The van der Waals surface area contributed by atoms with Crippen LogP contribution in [0.15, 0.2) is 47.5 Å². The first-order valence-corrected chi connectivity index (χ1v) is 10.8. The average molecular weight is 554 g/mol. The number of ether oxygens (including phenoxy) is 3. The Balaban J connectivity index is 0.00000363. The number of likely N-dealkylation sites (tertiary alicyclic amines) is 1. The molecule has 1 unspecified atom stereocenters. The highest BCUT2D eigenvalue weighted by Crippen LogP contribution is 2.31. The van der Waals surface area contributed by atoms with Crippen LogP contribution in [0.25, 0.3) is 0 Å². The monoisotopic (exact) mass is 554 g/mol. The van der Waals surface area contributed by atoms with Gasteiger partial charge in [-0.05, 0) is 44.1 Å². The van der Waals surface area contributed by atoms with Gasteiger partial charge >= 0.3 is 0 Å². The first kappa shape index (κ1) is 26.1. The first-order chi connectivity index (χ1) is 15.2. The molecule has 32 heavy (non-hydrogen) atoms. The van der Waals surface area contributed by atoms with Crippen molar-refractivity contribution in [1.29, 1.82) is 0 Å². The van der Waals surface area contributed by atoms with Crippen molar-refractivity contribution < 1.29 is 14.2 Å². The molecule has 8 heteroatoms. The third kappa shape index (κ3) is 6.65. The Morgan fingerprint density at radius 2 is 1.62 bits per heavy atom. The van der Waals surface area contributed by atoms with Gasteiger partial charge in [0.25, 0.3) is 0 Å². The fraction of sp³-hybridized carbons (Fsp3) is 0.458. The molecule has 1 atom stereocenters. The van der Waals surface area contributed by atoms with E-state index in [2.05, 4.69) is 32.7 Å². The second-order valence-corrected chi connectivity index (χ2v) is 7.50. The smallest absolute Gasteiger partial charge is 0.195 e. The molecule has 0 spiro atoms. The van der Waals surface area contributed by atoms with Crippen LogP contribution >= 0.6 is 24.0 Å². The van der Waals surface area contributed by atoms with Gasteiger partial charge in [-0.15, -0.1) is 24.0 Å². The van der Waals surface area contributed by atoms with E-state index in [1.54, 1.807) is 28.4 Å². The number of hydrogen-bond acceptors (Lipinski definition) is 5. The number of hydrogen-bond donors (Lipinski definition) is 2. The molecule has 1 saturated heterocycles. The highest BCUT2D eigenvalue weighted by molar-refractivity contribution is 14.0. The summed E-state index contributed by atoms with van der Waals surface area (Å²) in [6, 6.07) is 14.2. The number of piperidine rings is 1. The van der Waals surface area contributed by atoms with Crippen molar-refractivity contribution in [2.45, 2.75) is 25.3 Å². The van der Waals surface area contributed by atoms with E-state index in [1.807, 2.05) is 30.3 Å². The predicted molar refractivity (Wildman–Crippen MR) is 141 cm³/mol.